The van der Waals surface area contributed by atoms with Gasteiger partial charge in [0.15, 0.2) is 0 Å². The van der Waals surface area contributed by atoms with Crippen molar-refractivity contribution < 1.29 is 32.1 Å². The normalized spacial score (nSPS) is 31.0. The van der Waals surface area contributed by atoms with Crippen molar-refractivity contribution in [3.8, 4) is 5.75 Å². The van der Waals surface area contributed by atoms with Crippen LogP contribution in [0, 0.1) is 23.2 Å². The smallest absolute Gasteiger partial charge is 0.327 e. The number of nitrogens with one attached hydrogen (secondary N) is 2. The van der Waals surface area contributed by atoms with Crippen molar-refractivity contribution in [2.24, 2.45) is 27.5 Å². The highest BCUT2D eigenvalue weighted by Crippen LogP contribution is 2.62. The van der Waals surface area contributed by atoms with Crippen LogP contribution in [0.5, 0.6) is 5.75 Å². The number of benzene rings is 2. The van der Waals surface area contributed by atoms with Crippen molar-refractivity contribution in [3.05, 3.63) is 69.8 Å². The van der Waals surface area contributed by atoms with Crippen LogP contribution < -0.4 is 19.7 Å². The van der Waals surface area contributed by atoms with E-state index >= 15 is 0 Å². The number of aryl methyl sites for hydroxylation is 1. The Labute approximate surface area is 303 Å². The Morgan fingerprint density at radius 1 is 1.12 bits per heavy atom. The largest absolute Gasteiger partial charge is 0.491 e. The van der Waals surface area contributed by atoms with Crippen molar-refractivity contribution >= 4 is 39.1 Å². The number of fused-ring (bicyclic) bond motifs is 4. The molecule has 2 N–H and O–H groups in total. The summed E-state index contributed by atoms with van der Waals surface area (Å²) in [5.74, 6) is -2.36. The molecule has 2 heterocycles. The molecule has 2 aliphatic heterocycles. The molecule has 1 unspecified atom stereocenters. The van der Waals surface area contributed by atoms with Gasteiger partial charge in [-0.05, 0) is 122 Å². The minimum absolute atomic E-state index is 0.0322. The molecule has 3 amide bonds. The van der Waals surface area contributed by atoms with Crippen LogP contribution >= 0.6 is 11.6 Å². The lowest BCUT2D eigenvalue weighted by Gasteiger charge is -2.57. The van der Waals surface area contributed by atoms with Gasteiger partial charge in [-0.1, -0.05) is 23.7 Å². The average molecular weight is 743 g/mol. The number of allylic oxidation sites excluding steroid dienone is 1. The molecule has 3 saturated carbocycles. The first-order valence-corrected chi connectivity index (χ1v) is 20.2. The average Bonchev–Trinajstić information content (AvgIpc) is 3.05. The van der Waals surface area contributed by atoms with Gasteiger partial charge in [-0.25, -0.2) is 17.8 Å². The van der Waals surface area contributed by atoms with E-state index < -0.39 is 33.2 Å². The molecule has 13 heteroatoms. The summed E-state index contributed by atoms with van der Waals surface area (Å²) in [6.45, 7) is 1.83. The second-order valence-electron chi connectivity index (χ2n) is 15.7. The molecule has 51 heavy (non-hydrogen) atoms. The van der Waals surface area contributed by atoms with Gasteiger partial charge in [0, 0.05) is 49.7 Å². The van der Waals surface area contributed by atoms with Gasteiger partial charge in [0.1, 0.15) is 15.7 Å². The van der Waals surface area contributed by atoms with Gasteiger partial charge in [0.25, 0.3) is 5.91 Å². The van der Waals surface area contributed by atoms with Crippen LogP contribution in [0.1, 0.15) is 79.3 Å². The van der Waals surface area contributed by atoms with E-state index in [0.717, 1.165) is 55.5 Å². The molecular formula is C38H45ClF2N4O5S. The maximum absolute atomic E-state index is 14.6. The van der Waals surface area contributed by atoms with Crippen molar-refractivity contribution in [2.45, 2.75) is 88.8 Å². The number of rotatable bonds is 3. The molecule has 2 bridgehead atoms. The monoisotopic (exact) mass is 742 g/mol. The predicted octanol–water partition coefficient (Wildman–Crippen LogP) is 7.46. The van der Waals surface area contributed by atoms with Gasteiger partial charge < -0.3 is 19.7 Å². The lowest BCUT2D eigenvalue weighted by Crippen LogP contribution is -2.61. The fraction of sp³-hybridized carbons (Fsp3) is 0.579. The zero-order valence-electron chi connectivity index (χ0n) is 28.8. The van der Waals surface area contributed by atoms with E-state index in [1.54, 1.807) is 25.3 Å². The summed E-state index contributed by atoms with van der Waals surface area (Å²) in [5.41, 5.74) is 3.97. The van der Waals surface area contributed by atoms with Crippen molar-refractivity contribution in [2.75, 3.05) is 30.9 Å². The second-order valence-corrected chi connectivity index (χ2v) is 18.1. The molecule has 9 nitrogen and oxygen atoms in total. The first-order chi connectivity index (χ1) is 24.4. The van der Waals surface area contributed by atoms with Crippen LogP contribution in [0.25, 0.3) is 0 Å². The molecule has 2 aromatic rings. The highest BCUT2D eigenvalue weighted by Gasteiger charge is 2.62. The van der Waals surface area contributed by atoms with Gasteiger partial charge in [-0.2, -0.15) is 0 Å². The summed E-state index contributed by atoms with van der Waals surface area (Å²) in [6, 6.07) is 10.3. The Morgan fingerprint density at radius 2 is 1.94 bits per heavy atom. The first-order valence-electron chi connectivity index (χ1n) is 18.2. The van der Waals surface area contributed by atoms with E-state index in [1.165, 1.54) is 5.56 Å². The van der Waals surface area contributed by atoms with Crippen LogP contribution in [0.3, 0.4) is 0 Å². The summed E-state index contributed by atoms with van der Waals surface area (Å²) in [5, 5.41) is 3.50. The third-order valence-corrected chi connectivity index (χ3v) is 14.1. The lowest BCUT2D eigenvalue weighted by atomic mass is 9.52. The summed E-state index contributed by atoms with van der Waals surface area (Å²) in [6.07, 6.45) is 7.83. The third kappa shape index (κ3) is 7.00. The zero-order valence-corrected chi connectivity index (χ0v) is 30.4. The minimum atomic E-state index is -3.61. The van der Waals surface area contributed by atoms with Crippen LogP contribution in [0.2, 0.25) is 5.02 Å². The summed E-state index contributed by atoms with van der Waals surface area (Å²) in [4.78, 5) is 29.5. The number of alkyl halides is 2. The lowest BCUT2D eigenvalue weighted by molar-refractivity contribution is -0.197. The van der Waals surface area contributed by atoms with Gasteiger partial charge in [-0.3, -0.25) is 9.52 Å². The Hall–Kier alpha value is -3.22. The number of nitrogens with zero attached hydrogens (tertiary/aromatic N) is 2. The standard InChI is InChI=1S/C38H45ClF2N4O5S/c1-49-34-30-10-6-26(30)19-45-18-25-5-9-28(39)14-23(25)4-2-3-13-50-33-12-8-24(15-32(33)45)35(46)43-51(48,20-27-7-11-31(27)34)44-36(47)42-29-16-37(17-29)21-38(40,41)22-37/h5,8-9,11-12,14-15,26-27,29-30,34H,2-4,6-7,10,13,16-22H2,1H3,(H2,42,43,44,46,47,48)/t26-,27+,30+,34+,51?/m0/s1. The fourth-order valence-electron chi connectivity index (χ4n) is 9.39. The van der Waals surface area contributed by atoms with Gasteiger partial charge >= 0.3 is 6.03 Å². The summed E-state index contributed by atoms with van der Waals surface area (Å²) >= 11 is 6.45. The first kappa shape index (κ1) is 34.8. The van der Waals surface area contributed by atoms with Crippen LogP contribution in [-0.2, 0) is 27.6 Å². The molecule has 0 saturated heterocycles. The number of halogens is 3. The van der Waals surface area contributed by atoms with E-state index in [0.29, 0.717) is 49.1 Å². The molecule has 8 rings (SSSR count). The van der Waals surface area contributed by atoms with Gasteiger partial charge in [-0.15, -0.1) is 4.36 Å². The number of carbonyl (C=O) groups excluding carboxylic acids is 2. The maximum Gasteiger partial charge on any atom is 0.327 e. The highest BCUT2D eigenvalue weighted by atomic mass is 35.5. The number of hydrogen-bond donors (Lipinski definition) is 2. The van der Waals surface area contributed by atoms with Gasteiger partial charge in [0.05, 0.1) is 24.2 Å². The molecule has 6 aliphatic rings. The number of methoxy groups -OCH3 is 1. The number of ether oxygens (including phenoxy) is 2. The van der Waals surface area contributed by atoms with Crippen molar-refractivity contribution in [3.63, 3.8) is 0 Å². The molecule has 5 atom stereocenters. The number of amides is 3. The van der Waals surface area contributed by atoms with Crippen LogP contribution in [0.15, 0.2) is 52.4 Å². The summed E-state index contributed by atoms with van der Waals surface area (Å²) < 4.78 is 61.1. The van der Waals surface area contributed by atoms with E-state index in [1.807, 2.05) is 12.1 Å². The Kier molecular flexibility index (Phi) is 9.10. The number of urea groups is 1. The van der Waals surface area contributed by atoms with Crippen molar-refractivity contribution in [1.82, 2.24) is 10.0 Å². The van der Waals surface area contributed by atoms with E-state index in [-0.39, 0.29) is 48.1 Å². The molecule has 1 spiro atoms. The Morgan fingerprint density at radius 3 is 2.65 bits per heavy atom. The Balaban J connectivity index is 1.14. The van der Waals surface area contributed by atoms with Gasteiger partial charge in [0.2, 0.25) is 5.92 Å². The van der Waals surface area contributed by atoms with E-state index in [9.17, 15) is 22.6 Å². The molecular weight excluding hydrogens is 698 g/mol. The Bertz CT molecular complexity index is 1880. The highest BCUT2D eigenvalue weighted by molar-refractivity contribution is 7.92. The molecule has 274 valence electrons. The predicted molar refractivity (Wildman–Crippen MR) is 192 cm³/mol. The van der Waals surface area contributed by atoms with E-state index in [4.69, 9.17) is 21.1 Å². The molecule has 2 aromatic carbocycles. The van der Waals surface area contributed by atoms with Crippen molar-refractivity contribution in [1.29, 1.82) is 0 Å². The van der Waals surface area contributed by atoms with Crippen LogP contribution in [0.4, 0.5) is 19.3 Å². The SMILES string of the molecule is CO[C@H]1C2=CC[C@@H]2CS(=O)(NC(=O)NC2CC3(C2)CC(F)(F)C3)=NC(=O)c2ccc3c(c2)N(Cc2ccc(Cl)cc2CCCCO3)C[C@@H]2CC[C@H]21. The molecule has 3 fully saturated rings. The fourth-order valence-corrected chi connectivity index (χ4v) is 11.4. The quantitative estimate of drug-likeness (QED) is 0.316. The maximum atomic E-state index is 14.6. The molecule has 0 radical (unpaired) electrons. The molecule has 0 aromatic heterocycles. The van der Waals surface area contributed by atoms with E-state index in [2.05, 4.69) is 31.4 Å². The zero-order chi connectivity index (χ0) is 35.5. The van der Waals surface area contributed by atoms with Crippen LogP contribution in [-0.4, -0.2) is 60.2 Å². The third-order valence-electron chi connectivity index (χ3n) is 12.1. The number of hydrogen-bond acceptors (Lipinski definition) is 6. The minimum Gasteiger partial charge on any atom is -0.491 e. The number of carbonyl (C=O) groups is 2. The number of anilines is 1. The second kappa shape index (κ2) is 13.3. The summed E-state index contributed by atoms with van der Waals surface area (Å²) in [7, 11) is -1.90. The topological polar surface area (TPSA) is 109 Å². The molecule has 4 aliphatic carbocycles.